The number of aromatic hydroxyl groups is 2. The standard InChI is InChI=1S/C41H44O7S/c1-25(2)47-38-30-13-7-14-31(38)20-27-10-6-12-29(37(27)44)22-33-16-8-15-32(21-28-11-5-9-26(19-30)36(28)43)39(33)48-49(45,46)24-41-18-17-34(23-35(41)42)40(41,3)4/h5-16,25,34,43-44H,17-24H2,1-4H3/t34-,41-/m1/s1. The summed E-state index contributed by atoms with van der Waals surface area (Å²) in [4.78, 5) is 13.3. The number of rotatable bonds is 6. The Bertz CT molecular complexity index is 1970. The molecule has 256 valence electrons. The van der Waals surface area contributed by atoms with Crippen LogP contribution in [0.4, 0.5) is 0 Å². The van der Waals surface area contributed by atoms with Gasteiger partial charge in [-0.1, -0.05) is 86.6 Å². The molecule has 7 nitrogen and oxygen atoms in total. The average molecular weight is 681 g/mol. The van der Waals surface area contributed by atoms with Crippen LogP contribution in [0.3, 0.4) is 0 Å². The van der Waals surface area contributed by atoms with E-state index in [2.05, 4.69) is 0 Å². The van der Waals surface area contributed by atoms with Crippen molar-refractivity contribution in [1.29, 1.82) is 0 Å². The first-order valence-electron chi connectivity index (χ1n) is 17.2. The van der Waals surface area contributed by atoms with Crippen molar-refractivity contribution in [2.75, 3.05) is 5.75 Å². The topological polar surface area (TPSA) is 110 Å². The first-order valence-corrected chi connectivity index (χ1v) is 18.8. The van der Waals surface area contributed by atoms with E-state index in [0.29, 0.717) is 59.1 Å². The zero-order valence-electron chi connectivity index (χ0n) is 28.6. The number of carbonyl (C=O) groups is 1. The van der Waals surface area contributed by atoms with E-state index in [-0.39, 0.29) is 53.6 Å². The highest BCUT2D eigenvalue weighted by atomic mass is 32.2. The van der Waals surface area contributed by atoms with Gasteiger partial charge in [-0.25, -0.2) is 0 Å². The molecule has 0 amide bonds. The van der Waals surface area contributed by atoms with Crippen molar-refractivity contribution in [3.63, 3.8) is 0 Å². The van der Waals surface area contributed by atoms with Gasteiger partial charge in [0.25, 0.3) is 0 Å². The van der Waals surface area contributed by atoms with E-state index < -0.39 is 20.9 Å². The minimum absolute atomic E-state index is 0.00569. The summed E-state index contributed by atoms with van der Waals surface area (Å²) in [6.45, 7) is 7.98. The van der Waals surface area contributed by atoms with Crippen molar-refractivity contribution in [3.05, 3.63) is 117 Å². The van der Waals surface area contributed by atoms with E-state index >= 15 is 0 Å². The summed E-state index contributed by atoms with van der Waals surface area (Å²) in [5.74, 6) is 0.976. The smallest absolute Gasteiger partial charge is 0.310 e. The molecular formula is C41H44O7S. The second kappa shape index (κ2) is 12.2. The Hall–Kier alpha value is -4.30. The number of ketones is 1. The highest BCUT2D eigenvalue weighted by molar-refractivity contribution is 7.87. The van der Waals surface area contributed by atoms with Gasteiger partial charge in [0, 0.05) is 43.2 Å². The summed E-state index contributed by atoms with van der Waals surface area (Å²) in [5.41, 5.74) is 4.25. The Kier molecular flexibility index (Phi) is 8.29. The predicted molar refractivity (Wildman–Crippen MR) is 189 cm³/mol. The highest BCUT2D eigenvalue weighted by Gasteiger charge is 2.65. The van der Waals surface area contributed by atoms with E-state index in [1.165, 1.54) is 0 Å². The van der Waals surface area contributed by atoms with Crippen LogP contribution in [0, 0.1) is 16.7 Å². The number of Topliss-reactive ketones (excluding diaryl/α,β-unsaturated/α-hetero) is 1. The Balaban J connectivity index is 1.35. The van der Waals surface area contributed by atoms with Crippen molar-refractivity contribution in [2.24, 2.45) is 16.7 Å². The van der Waals surface area contributed by atoms with Crippen LogP contribution >= 0.6 is 0 Å². The second-order valence-corrected chi connectivity index (χ2v) is 16.6. The van der Waals surface area contributed by atoms with E-state index in [0.717, 1.165) is 23.3 Å². The fraction of sp³-hybridized carbons (Fsp3) is 0.390. The summed E-state index contributed by atoms with van der Waals surface area (Å²) in [7, 11) is -4.24. The molecule has 0 unspecified atom stereocenters. The Morgan fingerprint density at radius 3 is 1.49 bits per heavy atom. The molecule has 4 aromatic rings. The maximum atomic E-state index is 14.1. The van der Waals surface area contributed by atoms with Crippen LogP contribution in [0.25, 0.3) is 0 Å². The maximum Gasteiger partial charge on any atom is 0.310 e. The summed E-state index contributed by atoms with van der Waals surface area (Å²) >= 11 is 0. The normalized spacial score (nSPS) is 21.2. The Labute approximate surface area is 289 Å². The lowest BCUT2D eigenvalue weighted by molar-refractivity contribution is -0.128. The van der Waals surface area contributed by atoms with Crippen LogP contribution in [0.15, 0.2) is 72.8 Å². The minimum Gasteiger partial charge on any atom is -0.507 e. The summed E-state index contributed by atoms with van der Waals surface area (Å²) < 4.78 is 40.6. The lowest BCUT2D eigenvalue weighted by Gasteiger charge is -2.35. The van der Waals surface area contributed by atoms with Gasteiger partial charge in [-0.05, 0) is 71.4 Å². The number of hydrogen-bond acceptors (Lipinski definition) is 7. The lowest BCUT2D eigenvalue weighted by Crippen LogP contribution is -2.43. The monoisotopic (exact) mass is 680 g/mol. The van der Waals surface area contributed by atoms with Gasteiger partial charge >= 0.3 is 10.1 Å². The Morgan fingerprint density at radius 2 is 1.12 bits per heavy atom. The Morgan fingerprint density at radius 1 is 0.714 bits per heavy atom. The molecule has 0 saturated heterocycles. The van der Waals surface area contributed by atoms with Crippen LogP contribution in [-0.2, 0) is 40.6 Å². The highest BCUT2D eigenvalue weighted by Crippen LogP contribution is 2.64. The molecule has 0 aliphatic heterocycles. The van der Waals surface area contributed by atoms with Gasteiger partial charge in [0.2, 0.25) is 0 Å². The molecule has 2 fully saturated rings. The van der Waals surface area contributed by atoms with Gasteiger partial charge < -0.3 is 19.1 Å². The van der Waals surface area contributed by atoms with Crippen molar-refractivity contribution in [2.45, 2.75) is 78.7 Å². The van der Waals surface area contributed by atoms with Gasteiger partial charge in [0.05, 0.1) is 17.3 Å². The van der Waals surface area contributed by atoms with Crippen LogP contribution < -0.4 is 8.92 Å². The van der Waals surface area contributed by atoms with Crippen LogP contribution in [0.5, 0.6) is 23.0 Å². The largest absolute Gasteiger partial charge is 0.507 e. The van der Waals surface area contributed by atoms with Gasteiger partial charge in [-0.2, -0.15) is 8.42 Å². The summed E-state index contributed by atoms with van der Waals surface area (Å²) in [6, 6.07) is 22.7. The summed E-state index contributed by atoms with van der Waals surface area (Å²) in [6.07, 6.45) is 2.92. The lowest BCUT2D eigenvalue weighted by atomic mass is 9.70. The number of phenols is 2. The van der Waals surface area contributed by atoms with Crippen LogP contribution in [0.2, 0.25) is 0 Å². The molecule has 2 atom stereocenters. The van der Waals surface area contributed by atoms with Crippen molar-refractivity contribution in [1.82, 2.24) is 0 Å². The van der Waals surface area contributed by atoms with Crippen molar-refractivity contribution < 1.29 is 32.3 Å². The molecule has 10 bridgehead atoms. The molecule has 7 rings (SSSR count). The SMILES string of the molecule is CC(C)Oc1c2cccc1Cc1cccc(c1O)Cc1cccc(c1OS(=O)(=O)C[C@]13CC[C@H](CC1=O)C3(C)C)Cc1cccc(c1O)C2. The number of fused-ring (bicyclic) bond motifs is 10. The van der Waals surface area contributed by atoms with E-state index in [9.17, 15) is 23.4 Å². The molecule has 8 heteroatoms. The molecule has 3 aliphatic rings. The number of phenolic OH excluding ortho intramolecular Hbond substituents is 2. The fourth-order valence-electron chi connectivity index (χ4n) is 8.57. The van der Waals surface area contributed by atoms with E-state index in [1.807, 2.05) is 100 Å². The molecule has 2 saturated carbocycles. The third-order valence-corrected chi connectivity index (χ3v) is 12.7. The van der Waals surface area contributed by atoms with Gasteiger partial charge in [-0.3, -0.25) is 4.79 Å². The number of para-hydroxylation sites is 4. The number of carbonyl (C=O) groups excluding carboxylic acids is 1. The second-order valence-electron chi connectivity index (χ2n) is 15.0. The molecule has 3 aliphatic carbocycles. The molecule has 4 aromatic carbocycles. The van der Waals surface area contributed by atoms with Crippen molar-refractivity contribution >= 4 is 15.9 Å². The number of benzene rings is 4. The molecule has 0 heterocycles. The van der Waals surface area contributed by atoms with Gasteiger partial charge in [0.15, 0.2) is 0 Å². The average Bonchev–Trinajstić information content (AvgIpc) is 3.37. The quantitative estimate of drug-likeness (QED) is 0.177. The molecule has 0 aromatic heterocycles. The fourth-order valence-corrected chi connectivity index (χ4v) is 10.4. The zero-order chi connectivity index (χ0) is 34.7. The van der Waals surface area contributed by atoms with Crippen LogP contribution in [0.1, 0.15) is 91.5 Å². The van der Waals surface area contributed by atoms with Gasteiger partial charge in [0.1, 0.15) is 28.8 Å². The molecule has 0 radical (unpaired) electrons. The molecule has 0 spiro atoms. The first-order chi connectivity index (χ1) is 23.3. The predicted octanol–water partition coefficient (Wildman–Crippen LogP) is 7.67. The van der Waals surface area contributed by atoms with E-state index in [1.54, 1.807) is 0 Å². The van der Waals surface area contributed by atoms with Crippen molar-refractivity contribution in [3.8, 4) is 23.0 Å². The number of ether oxygens (including phenoxy) is 1. The molecule has 2 N–H and O–H groups in total. The maximum absolute atomic E-state index is 14.1. The first kappa shape index (κ1) is 33.2. The molecular weight excluding hydrogens is 637 g/mol. The van der Waals surface area contributed by atoms with E-state index in [4.69, 9.17) is 8.92 Å². The minimum atomic E-state index is -4.24. The van der Waals surface area contributed by atoms with Crippen LogP contribution in [-0.4, -0.2) is 36.3 Å². The third-order valence-electron chi connectivity index (χ3n) is 11.4. The van der Waals surface area contributed by atoms with Gasteiger partial charge in [-0.15, -0.1) is 0 Å². The summed E-state index contributed by atoms with van der Waals surface area (Å²) in [5, 5.41) is 23.3. The molecule has 49 heavy (non-hydrogen) atoms. The number of hydrogen-bond donors (Lipinski definition) is 2. The third kappa shape index (κ3) is 5.88. The zero-order valence-corrected chi connectivity index (χ0v) is 29.4.